The van der Waals surface area contributed by atoms with Crippen LogP contribution in [-0.2, 0) is 0 Å². The molecule has 26 heavy (non-hydrogen) atoms. The lowest BCUT2D eigenvalue weighted by atomic mass is 10.1. The van der Waals surface area contributed by atoms with E-state index in [9.17, 15) is 4.79 Å². The van der Waals surface area contributed by atoms with Crippen molar-refractivity contribution in [3.8, 4) is 11.4 Å². The maximum atomic E-state index is 12.4. The number of piperazine rings is 1. The van der Waals surface area contributed by atoms with Crippen LogP contribution in [0.5, 0.6) is 0 Å². The van der Waals surface area contributed by atoms with Crippen LogP contribution in [0.2, 0.25) is 0 Å². The summed E-state index contributed by atoms with van der Waals surface area (Å²) in [5.74, 6) is 1.44. The number of hydrogen-bond acceptors (Lipinski definition) is 6. The number of hydrogen-bond donors (Lipinski definition) is 0. The van der Waals surface area contributed by atoms with E-state index in [0.717, 1.165) is 24.3 Å². The molecule has 1 saturated heterocycles. The Hall–Kier alpha value is -2.61. The van der Waals surface area contributed by atoms with E-state index < -0.39 is 0 Å². The van der Waals surface area contributed by atoms with Crippen molar-refractivity contribution in [1.29, 1.82) is 0 Å². The lowest BCUT2D eigenvalue weighted by Gasteiger charge is -2.35. The lowest BCUT2D eigenvalue weighted by Crippen LogP contribution is -2.48. The number of benzene rings is 1. The van der Waals surface area contributed by atoms with Crippen LogP contribution in [-0.4, -0.2) is 47.1 Å². The van der Waals surface area contributed by atoms with Gasteiger partial charge in [-0.3, -0.25) is 4.79 Å². The first-order valence-corrected chi connectivity index (χ1v) is 9.10. The second-order valence-corrected chi connectivity index (χ2v) is 6.85. The molecule has 0 aliphatic carbocycles. The first-order chi connectivity index (χ1) is 12.6. The van der Waals surface area contributed by atoms with Crippen molar-refractivity contribution in [3.63, 3.8) is 0 Å². The van der Waals surface area contributed by atoms with Crippen LogP contribution in [0.25, 0.3) is 11.4 Å². The van der Waals surface area contributed by atoms with Crippen molar-refractivity contribution in [3.05, 3.63) is 52.7 Å². The first-order valence-electron chi connectivity index (χ1n) is 8.30. The summed E-state index contributed by atoms with van der Waals surface area (Å²) in [4.78, 5) is 20.7. The molecule has 0 radical (unpaired) electrons. The van der Waals surface area contributed by atoms with Gasteiger partial charge >= 0.3 is 0 Å². The summed E-state index contributed by atoms with van der Waals surface area (Å²) in [6, 6.07) is 11.5. The number of carbonyl (C=O) groups is 1. The van der Waals surface area contributed by atoms with Gasteiger partial charge in [-0.2, -0.15) is 4.98 Å². The molecule has 1 amide bonds. The zero-order valence-electron chi connectivity index (χ0n) is 14.2. The van der Waals surface area contributed by atoms with Gasteiger partial charge in [0, 0.05) is 44.4 Å². The Morgan fingerprint density at radius 3 is 2.38 bits per heavy atom. The predicted molar refractivity (Wildman–Crippen MR) is 99.0 cm³/mol. The molecular formula is C18H17BrN4O3. The number of carbonyl (C=O) groups excluding carboxylic acids is 1. The quantitative estimate of drug-likeness (QED) is 0.651. The summed E-state index contributed by atoms with van der Waals surface area (Å²) < 4.78 is 10.9. The number of aromatic nitrogens is 2. The fourth-order valence-electron chi connectivity index (χ4n) is 2.99. The van der Waals surface area contributed by atoms with E-state index in [4.69, 9.17) is 8.94 Å². The first kappa shape index (κ1) is 16.8. The van der Waals surface area contributed by atoms with E-state index in [1.165, 1.54) is 0 Å². The van der Waals surface area contributed by atoms with Gasteiger partial charge in [0.1, 0.15) is 0 Å². The SMILES string of the molecule is Cc1nc(-c2ccc(N3CCN(C(=O)c4ccc(Br)o4)CC3)cc2)no1. The smallest absolute Gasteiger partial charge is 0.289 e. The summed E-state index contributed by atoms with van der Waals surface area (Å²) in [5.41, 5.74) is 2.03. The molecule has 0 saturated carbocycles. The highest BCUT2D eigenvalue weighted by Crippen LogP contribution is 2.23. The van der Waals surface area contributed by atoms with Gasteiger partial charge in [0.25, 0.3) is 5.91 Å². The van der Waals surface area contributed by atoms with E-state index in [1.807, 2.05) is 29.2 Å². The molecule has 1 aliphatic rings. The molecule has 3 aromatic rings. The molecule has 0 spiro atoms. The van der Waals surface area contributed by atoms with Gasteiger partial charge < -0.3 is 18.7 Å². The maximum Gasteiger partial charge on any atom is 0.289 e. The second kappa shape index (κ2) is 6.95. The Bertz CT molecular complexity index is 911. The van der Waals surface area contributed by atoms with Crippen molar-refractivity contribution in [1.82, 2.24) is 15.0 Å². The van der Waals surface area contributed by atoms with E-state index in [2.05, 4.69) is 31.0 Å². The Morgan fingerprint density at radius 2 is 1.81 bits per heavy atom. The summed E-state index contributed by atoms with van der Waals surface area (Å²) in [6.45, 7) is 4.63. The van der Waals surface area contributed by atoms with Gasteiger partial charge in [0.05, 0.1) is 0 Å². The molecule has 3 heterocycles. The monoisotopic (exact) mass is 416 g/mol. The fraction of sp³-hybridized carbons (Fsp3) is 0.278. The minimum atomic E-state index is -0.0711. The van der Waals surface area contributed by atoms with Crippen LogP contribution in [0, 0.1) is 6.92 Å². The minimum Gasteiger partial charge on any atom is -0.444 e. The Balaban J connectivity index is 1.39. The molecule has 7 nitrogen and oxygen atoms in total. The Kier molecular flexibility index (Phi) is 4.50. The number of anilines is 1. The number of furan rings is 1. The van der Waals surface area contributed by atoms with Gasteiger partial charge in [-0.1, -0.05) is 5.16 Å². The van der Waals surface area contributed by atoms with Crippen LogP contribution in [0.1, 0.15) is 16.4 Å². The molecule has 2 aromatic heterocycles. The van der Waals surface area contributed by atoms with Crippen LogP contribution in [0.15, 0.2) is 50.0 Å². The van der Waals surface area contributed by atoms with Gasteiger partial charge in [-0.15, -0.1) is 0 Å². The molecular weight excluding hydrogens is 400 g/mol. The van der Waals surface area contributed by atoms with Crippen molar-refractivity contribution < 1.29 is 13.7 Å². The predicted octanol–water partition coefficient (Wildman–Crippen LogP) is 3.36. The Labute approximate surface area is 158 Å². The van der Waals surface area contributed by atoms with Crippen molar-refractivity contribution in [2.75, 3.05) is 31.1 Å². The molecule has 0 unspecified atom stereocenters. The minimum absolute atomic E-state index is 0.0711. The number of rotatable bonds is 3. The lowest BCUT2D eigenvalue weighted by molar-refractivity contribution is 0.0713. The average Bonchev–Trinajstić information content (AvgIpc) is 3.30. The van der Waals surface area contributed by atoms with Crippen LogP contribution >= 0.6 is 15.9 Å². The van der Waals surface area contributed by atoms with Gasteiger partial charge in [-0.05, 0) is 52.3 Å². The van der Waals surface area contributed by atoms with E-state index in [-0.39, 0.29) is 5.91 Å². The summed E-state index contributed by atoms with van der Waals surface area (Å²) in [6.07, 6.45) is 0. The molecule has 0 N–H and O–H groups in total. The molecule has 1 fully saturated rings. The van der Waals surface area contributed by atoms with Gasteiger partial charge in [0.2, 0.25) is 11.7 Å². The third-order valence-electron chi connectivity index (χ3n) is 4.37. The zero-order chi connectivity index (χ0) is 18.1. The summed E-state index contributed by atoms with van der Waals surface area (Å²) in [7, 11) is 0. The average molecular weight is 417 g/mol. The third-order valence-corrected chi connectivity index (χ3v) is 4.80. The zero-order valence-corrected chi connectivity index (χ0v) is 15.8. The van der Waals surface area contributed by atoms with Crippen LogP contribution in [0.3, 0.4) is 0 Å². The number of amides is 1. The largest absolute Gasteiger partial charge is 0.444 e. The maximum absolute atomic E-state index is 12.4. The second-order valence-electron chi connectivity index (χ2n) is 6.07. The van der Waals surface area contributed by atoms with Gasteiger partial charge in [-0.25, -0.2) is 0 Å². The van der Waals surface area contributed by atoms with Crippen LogP contribution < -0.4 is 4.90 Å². The third kappa shape index (κ3) is 3.37. The topological polar surface area (TPSA) is 75.6 Å². The molecule has 1 aliphatic heterocycles. The highest BCUT2D eigenvalue weighted by atomic mass is 79.9. The Morgan fingerprint density at radius 1 is 1.08 bits per heavy atom. The molecule has 0 bridgehead atoms. The van der Waals surface area contributed by atoms with E-state index in [1.54, 1.807) is 19.1 Å². The normalized spacial score (nSPS) is 14.7. The summed E-state index contributed by atoms with van der Waals surface area (Å²) in [5, 5.41) is 3.93. The standard InChI is InChI=1S/C18H17BrN4O3/c1-12-20-17(21-26-12)13-2-4-14(5-3-13)22-8-10-23(11-9-22)18(24)15-6-7-16(19)25-15/h2-7H,8-11H2,1H3. The number of halogens is 1. The fourth-order valence-corrected chi connectivity index (χ4v) is 3.30. The molecule has 134 valence electrons. The summed E-state index contributed by atoms with van der Waals surface area (Å²) >= 11 is 3.23. The highest BCUT2D eigenvalue weighted by Gasteiger charge is 2.24. The van der Waals surface area contributed by atoms with Gasteiger partial charge in [0.15, 0.2) is 10.4 Å². The van der Waals surface area contributed by atoms with Crippen LogP contribution in [0.4, 0.5) is 5.69 Å². The van der Waals surface area contributed by atoms with Crippen molar-refractivity contribution in [2.24, 2.45) is 0 Å². The molecule has 4 rings (SSSR count). The van der Waals surface area contributed by atoms with Crippen molar-refractivity contribution >= 4 is 27.5 Å². The molecule has 1 aromatic carbocycles. The molecule has 8 heteroatoms. The molecule has 0 atom stereocenters. The van der Waals surface area contributed by atoms with E-state index >= 15 is 0 Å². The van der Waals surface area contributed by atoms with Crippen molar-refractivity contribution in [2.45, 2.75) is 6.92 Å². The number of nitrogens with zero attached hydrogens (tertiary/aromatic N) is 4. The number of aryl methyl sites for hydroxylation is 1. The van der Waals surface area contributed by atoms with E-state index in [0.29, 0.717) is 35.2 Å². The highest BCUT2D eigenvalue weighted by molar-refractivity contribution is 9.10.